The van der Waals surface area contributed by atoms with E-state index < -0.39 is 0 Å². The molecule has 1 heterocycles. The van der Waals surface area contributed by atoms with Gasteiger partial charge in [0.2, 0.25) is 5.91 Å². The number of rotatable bonds is 4. The van der Waals surface area contributed by atoms with Crippen LogP contribution in [0.15, 0.2) is 24.3 Å². The highest BCUT2D eigenvalue weighted by molar-refractivity contribution is 5.96. The van der Waals surface area contributed by atoms with E-state index in [-0.39, 0.29) is 42.9 Å². The molecule has 0 aliphatic carbocycles. The quantitative estimate of drug-likeness (QED) is 0.872. The Morgan fingerprint density at radius 1 is 1.22 bits per heavy atom. The van der Waals surface area contributed by atoms with Crippen molar-refractivity contribution in [2.75, 3.05) is 25.0 Å². The number of halogens is 1. The van der Waals surface area contributed by atoms with Crippen molar-refractivity contribution in [3.8, 4) is 0 Å². The molecule has 7 heteroatoms. The highest BCUT2D eigenvalue weighted by Gasteiger charge is 2.26. The third kappa shape index (κ3) is 5.49. The third-order valence-corrected chi connectivity index (χ3v) is 3.49. The molecule has 0 spiro atoms. The molecule has 6 nitrogen and oxygen atoms in total. The number of morpholine rings is 1. The van der Waals surface area contributed by atoms with Crippen molar-refractivity contribution in [1.82, 2.24) is 4.90 Å². The van der Waals surface area contributed by atoms with Gasteiger partial charge in [-0.25, -0.2) is 0 Å². The minimum Gasteiger partial charge on any atom is -0.372 e. The third-order valence-electron chi connectivity index (χ3n) is 3.49. The first-order valence-electron chi connectivity index (χ1n) is 7.54. The summed E-state index contributed by atoms with van der Waals surface area (Å²) in [5.41, 5.74) is 6.61. The lowest BCUT2D eigenvalue weighted by atomic mass is 10.1. The van der Waals surface area contributed by atoms with Crippen molar-refractivity contribution in [2.45, 2.75) is 32.5 Å². The molecule has 0 bridgehead atoms. The highest BCUT2D eigenvalue weighted by Crippen LogP contribution is 2.16. The van der Waals surface area contributed by atoms with Crippen molar-refractivity contribution in [1.29, 1.82) is 0 Å². The van der Waals surface area contributed by atoms with Gasteiger partial charge in [0.1, 0.15) is 0 Å². The van der Waals surface area contributed by atoms with E-state index in [9.17, 15) is 9.59 Å². The number of carbonyl (C=O) groups is 2. The number of anilines is 1. The van der Waals surface area contributed by atoms with Gasteiger partial charge in [-0.1, -0.05) is 0 Å². The van der Waals surface area contributed by atoms with Crippen LogP contribution in [0.5, 0.6) is 0 Å². The van der Waals surface area contributed by atoms with Gasteiger partial charge in [0.05, 0.1) is 12.2 Å². The molecular formula is C16H24ClN3O3. The number of ether oxygens (including phenoxy) is 1. The lowest BCUT2D eigenvalue weighted by Crippen LogP contribution is -2.48. The molecule has 0 radical (unpaired) electrons. The average molecular weight is 342 g/mol. The van der Waals surface area contributed by atoms with Crippen LogP contribution in [0.1, 0.15) is 30.6 Å². The Morgan fingerprint density at radius 3 is 2.30 bits per heavy atom. The first-order chi connectivity index (χ1) is 10.5. The van der Waals surface area contributed by atoms with Crippen LogP contribution in [0, 0.1) is 0 Å². The normalized spacial score (nSPS) is 20.6. The molecule has 2 atom stereocenters. The second kappa shape index (κ2) is 8.86. The van der Waals surface area contributed by atoms with E-state index in [1.165, 1.54) is 0 Å². The van der Waals surface area contributed by atoms with E-state index in [0.29, 0.717) is 30.9 Å². The van der Waals surface area contributed by atoms with Crippen LogP contribution in [0.4, 0.5) is 5.69 Å². The summed E-state index contributed by atoms with van der Waals surface area (Å²) in [5, 5.41) is 2.74. The Hall–Kier alpha value is -1.63. The first-order valence-corrected chi connectivity index (χ1v) is 7.54. The smallest absolute Gasteiger partial charge is 0.254 e. The van der Waals surface area contributed by atoms with E-state index in [1.807, 2.05) is 13.8 Å². The maximum atomic E-state index is 12.5. The van der Waals surface area contributed by atoms with E-state index in [0.717, 1.165) is 0 Å². The molecule has 2 amide bonds. The number of nitrogens with two attached hydrogens (primary N) is 1. The number of hydrogen-bond acceptors (Lipinski definition) is 4. The number of benzene rings is 1. The van der Waals surface area contributed by atoms with Gasteiger partial charge in [0.25, 0.3) is 5.91 Å². The molecule has 0 saturated carbocycles. The number of hydrogen-bond donors (Lipinski definition) is 2. The zero-order valence-electron chi connectivity index (χ0n) is 13.5. The Morgan fingerprint density at radius 2 is 1.78 bits per heavy atom. The van der Waals surface area contributed by atoms with Gasteiger partial charge >= 0.3 is 0 Å². The van der Waals surface area contributed by atoms with Crippen molar-refractivity contribution in [3.05, 3.63) is 29.8 Å². The molecule has 3 N–H and O–H groups in total. The van der Waals surface area contributed by atoms with Crippen molar-refractivity contribution in [3.63, 3.8) is 0 Å². The molecule has 128 valence electrons. The lowest BCUT2D eigenvalue weighted by molar-refractivity contribution is -0.116. The maximum absolute atomic E-state index is 12.5. The number of nitrogens with zero attached hydrogens (tertiary/aromatic N) is 1. The van der Waals surface area contributed by atoms with Crippen LogP contribution in [-0.2, 0) is 9.53 Å². The fourth-order valence-electron chi connectivity index (χ4n) is 2.58. The summed E-state index contributed by atoms with van der Waals surface area (Å²) in [6.45, 7) is 5.43. The molecule has 1 fully saturated rings. The minimum atomic E-state index is -0.127. The second-order valence-corrected chi connectivity index (χ2v) is 5.63. The lowest BCUT2D eigenvalue weighted by Gasteiger charge is -2.35. The second-order valence-electron chi connectivity index (χ2n) is 5.63. The molecule has 0 aromatic heterocycles. The van der Waals surface area contributed by atoms with Gasteiger partial charge in [-0.15, -0.1) is 12.4 Å². The van der Waals surface area contributed by atoms with Crippen LogP contribution in [0.3, 0.4) is 0 Å². The predicted molar refractivity (Wildman–Crippen MR) is 91.9 cm³/mol. The summed E-state index contributed by atoms with van der Waals surface area (Å²) in [6, 6.07) is 6.92. The number of nitrogens with one attached hydrogen (secondary N) is 1. The van der Waals surface area contributed by atoms with Crippen LogP contribution >= 0.6 is 12.4 Å². The Kier molecular flexibility index (Phi) is 7.48. The summed E-state index contributed by atoms with van der Waals surface area (Å²) < 4.78 is 5.64. The Labute approximate surface area is 142 Å². The monoisotopic (exact) mass is 341 g/mol. The van der Waals surface area contributed by atoms with Crippen LogP contribution < -0.4 is 11.1 Å². The predicted octanol–water partition coefficient (Wildman–Crippen LogP) is 1.65. The molecule has 1 aromatic rings. The largest absolute Gasteiger partial charge is 0.372 e. The van der Waals surface area contributed by atoms with Gasteiger partial charge in [-0.3, -0.25) is 9.59 Å². The van der Waals surface area contributed by atoms with Gasteiger partial charge < -0.3 is 20.7 Å². The SMILES string of the molecule is CC1CN(C(=O)c2ccc(NC(=O)CCN)cc2)CC(C)O1.Cl. The summed E-state index contributed by atoms with van der Waals surface area (Å²) >= 11 is 0. The Bertz CT molecular complexity index is 526. The van der Waals surface area contributed by atoms with Crippen molar-refractivity contribution in [2.24, 2.45) is 5.73 Å². The van der Waals surface area contributed by atoms with Crippen LogP contribution in [0.2, 0.25) is 0 Å². The van der Waals surface area contributed by atoms with Gasteiger partial charge in [0.15, 0.2) is 0 Å². The van der Waals surface area contributed by atoms with Crippen molar-refractivity contribution < 1.29 is 14.3 Å². The molecule has 1 aliphatic heterocycles. The average Bonchev–Trinajstić information content (AvgIpc) is 2.46. The first kappa shape index (κ1) is 19.4. The van der Waals surface area contributed by atoms with Gasteiger partial charge in [-0.05, 0) is 38.1 Å². The molecule has 1 saturated heterocycles. The maximum Gasteiger partial charge on any atom is 0.254 e. The molecule has 1 aromatic carbocycles. The van der Waals surface area contributed by atoms with E-state index in [4.69, 9.17) is 10.5 Å². The number of amides is 2. The summed E-state index contributed by atoms with van der Waals surface area (Å²) in [4.78, 5) is 25.8. The molecule has 23 heavy (non-hydrogen) atoms. The zero-order valence-corrected chi connectivity index (χ0v) is 14.3. The van der Waals surface area contributed by atoms with E-state index >= 15 is 0 Å². The van der Waals surface area contributed by atoms with E-state index in [2.05, 4.69) is 5.32 Å². The minimum absolute atomic E-state index is 0. The fourth-order valence-corrected chi connectivity index (χ4v) is 2.58. The zero-order chi connectivity index (χ0) is 16.1. The van der Waals surface area contributed by atoms with E-state index in [1.54, 1.807) is 29.2 Å². The summed E-state index contributed by atoms with van der Waals surface area (Å²) in [5.74, 6) is -0.140. The van der Waals surface area contributed by atoms with Crippen LogP contribution in [-0.4, -0.2) is 48.6 Å². The highest BCUT2D eigenvalue weighted by atomic mass is 35.5. The van der Waals surface area contributed by atoms with Gasteiger partial charge in [0, 0.05) is 37.3 Å². The van der Waals surface area contributed by atoms with Crippen LogP contribution in [0.25, 0.3) is 0 Å². The topological polar surface area (TPSA) is 84.7 Å². The summed E-state index contributed by atoms with van der Waals surface area (Å²) in [6.07, 6.45) is 0.370. The van der Waals surface area contributed by atoms with Crippen molar-refractivity contribution >= 4 is 29.9 Å². The molecular weight excluding hydrogens is 318 g/mol. The molecule has 2 unspecified atom stereocenters. The standard InChI is InChI=1S/C16H23N3O3.ClH/c1-11-9-19(10-12(2)22-11)16(21)13-3-5-14(6-4-13)18-15(20)7-8-17;/h3-6,11-12H,7-10,17H2,1-2H3,(H,18,20);1H. The molecule has 1 aliphatic rings. The Balaban J connectivity index is 0.00000264. The summed E-state index contributed by atoms with van der Waals surface area (Å²) in [7, 11) is 0. The molecule has 2 rings (SSSR count). The van der Waals surface area contributed by atoms with Gasteiger partial charge in [-0.2, -0.15) is 0 Å². The fraction of sp³-hybridized carbons (Fsp3) is 0.500. The number of carbonyl (C=O) groups excluding carboxylic acids is 2.